The smallest absolute Gasteiger partial charge is 0.336 e. The van der Waals surface area contributed by atoms with Gasteiger partial charge in [-0.05, 0) is 58.7 Å². The van der Waals surface area contributed by atoms with Crippen LogP contribution >= 0.6 is 0 Å². The standard InChI is InChI=1S/C21H30O6/c1-6-25-17-12-10-16(11-13-17)8-7-9-18(20(23)26-14(2)3)19(22)21(24)27-15(4)5/h7-8,10-15,18-19,22H,6,9H2,1-5H3/b8-7+/t18-,19+/m1/s1. The van der Waals surface area contributed by atoms with Gasteiger partial charge in [-0.1, -0.05) is 24.3 Å². The van der Waals surface area contributed by atoms with Crippen molar-refractivity contribution in [1.29, 1.82) is 0 Å². The van der Waals surface area contributed by atoms with Crippen LogP contribution in [-0.4, -0.2) is 42.0 Å². The van der Waals surface area contributed by atoms with Crippen LogP contribution in [0.1, 0.15) is 46.6 Å². The van der Waals surface area contributed by atoms with Crippen molar-refractivity contribution in [3.8, 4) is 5.75 Å². The third kappa shape index (κ3) is 8.26. The monoisotopic (exact) mass is 378 g/mol. The Labute approximate surface area is 161 Å². The number of aliphatic hydroxyl groups excluding tert-OH is 1. The number of carbonyl (C=O) groups excluding carboxylic acids is 2. The Hall–Kier alpha value is -2.34. The molecule has 0 spiro atoms. The highest BCUT2D eigenvalue weighted by atomic mass is 16.6. The molecule has 6 nitrogen and oxygen atoms in total. The van der Waals surface area contributed by atoms with Gasteiger partial charge < -0.3 is 19.3 Å². The number of benzene rings is 1. The van der Waals surface area contributed by atoms with Crippen LogP contribution in [0.3, 0.4) is 0 Å². The first-order chi connectivity index (χ1) is 12.7. The van der Waals surface area contributed by atoms with E-state index in [-0.39, 0.29) is 18.6 Å². The topological polar surface area (TPSA) is 82.1 Å². The predicted molar refractivity (Wildman–Crippen MR) is 103 cm³/mol. The fourth-order valence-corrected chi connectivity index (χ4v) is 2.33. The minimum atomic E-state index is -1.58. The quantitative estimate of drug-likeness (QED) is 0.629. The van der Waals surface area contributed by atoms with E-state index in [2.05, 4.69) is 0 Å². The number of allylic oxidation sites excluding steroid dienone is 1. The maximum Gasteiger partial charge on any atom is 0.336 e. The van der Waals surface area contributed by atoms with Crippen molar-refractivity contribution >= 4 is 18.0 Å². The average molecular weight is 378 g/mol. The van der Waals surface area contributed by atoms with Gasteiger partial charge in [0.2, 0.25) is 0 Å². The van der Waals surface area contributed by atoms with E-state index in [1.807, 2.05) is 37.3 Å². The highest BCUT2D eigenvalue weighted by Crippen LogP contribution is 2.18. The SMILES string of the molecule is CCOc1ccc(/C=C/C[C@@H](C(=O)OC(C)C)[C@H](O)C(=O)OC(C)C)cc1. The number of hydrogen-bond donors (Lipinski definition) is 1. The second-order valence-electron chi connectivity index (χ2n) is 6.66. The van der Waals surface area contributed by atoms with Crippen LogP contribution in [0.2, 0.25) is 0 Å². The fourth-order valence-electron chi connectivity index (χ4n) is 2.33. The molecule has 1 N–H and O–H groups in total. The number of rotatable bonds is 10. The van der Waals surface area contributed by atoms with Crippen molar-refractivity contribution in [1.82, 2.24) is 0 Å². The number of hydrogen-bond acceptors (Lipinski definition) is 6. The summed E-state index contributed by atoms with van der Waals surface area (Å²) in [7, 11) is 0. The highest BCUT2D eigenvalue weighted by molar-refractivity contribution is 5.84. The third-order valence-electron chi connectivity index (χ3n) is 3.52. The summed E-state index contributed by atoms with van der Waals surface area (Å²) in [5.41, 5.74) is 0.911. The van der Waals surface area contributed by atoms with E-state index in [4.69, 9.17) is 14.2 Å². The zero-order chi connectivity index (χ0) is 20.4. The number of ether oxygens (including phenoxy) is 3. The average Bonchev–Trinajstić information content (AvgIpc) is 2.58. The lowest BCUT2D eigenvalue weighted by atomic mass is 9.97. The van der Waals surface area contributed by atoms with E-state index in [0.717, 1.165) is 11.3 Å². The summed E-state index contributed by atoms with van der Waals surface area (Å²) >= 11 is 0. The zero-order valence-corrected chi connectivity index (χ0v) is 16.7. The molecule has 0 saturated heterocycles. The molecule has 0 aliphatic rings. The lowest BCUT2D eigenvalue weighted by Crippen LogP contribution is -2.38. The summed E-state index contributed by atoms with van der Waals surface area (Å²) in [6.07, 6.45) is 1.38. The molecule has 1 rings (SSSR count). The summed E-state index contributed by atoms with van der Waals surface area (Å²) in [6.45, 7) is 9.29. The first kappa shape index (κ1) is 22.7. The van der Waals surface area contributed by atoms with Crippen molar-refractivity contribution in [3.63, 3.8) is 0 Å². The number of carbonyl (C=O) groups is 2. The molecule has 1 aromatic rings. The first-order valence-electron chi connectivity index (χ1n) is 9.23. The molecule has 0 saturated carbocycles. The van der Waals surface area contributed by atoms with Crippen molar-refractivity contribution in [2.45, 2.75) is 59.4 Å². The molecular weight excluding hydrogens is 348 g/mol. The van der Waals surface area contributed by atoms with Crippen LogP contribution < -0.4 is 4.74 Å². The Morgan fingerprint density at radius 1 is 1.00 bits per heavy atom. The van der Waals surface area contributed by atoms with Crippen LogP contribution in [-0.2, 0) is 19.1 Å². The van der Waals surface area contributed by atoms with Crippen molar-refractivity contribution in [2.24, 2.45) is 5.92 Å². The molecule has 0 radical (unpaired) electrons. The fraction of sp³-hybridized carbons (Fsp3) is 0.524. The van der Waals surface area contributed by atoms with E-state index < -0.39 is 24.0 Å². The molecule has 0 unspecified atom stereocenters. The number of esters is 2. The van der Waals surface area contributed by atoms with Crippen molar-refractivity contribution < 1.29 is 28.9 Å². The van der Waals surface area contributed by atoms with Gasteiger partial charge in [0.25, 0.3) is 0 Å². The van der Waals surface area contributed by atoms with Crippen molar-refractivity contribution in [3.05, 3.63) is 35.9 Å². The Bertz CT molecular complexity index is 618. The Morgan fingerprint density at radius 2 is 1.56 bits per heavy atom. The largest absolute Gasteiger partial charge is 0.494 e. The van der Waals surface area contributed by atoms with Crippen LogP contribution in [0.5, 0.6) is 5.75 Å². The van der Waals surface area contributed by atoms with Crippen LogP contribution in [0.4, 0.5) is 0 Å². The molecule has 2 atom stereocenters. The van der Waals surface area contributed by atoms with Gasteiger partial charge in [-0.15, -0.1) is 0 Å². The second kappa shape index (κ2) is 11.4. The third-order valence-corrected chi connectivity index (χ3v) is 3.52. The first-order valence-corrected chi connectivity index (χ1v) is 9.23. The zero-order valence-electron chi connectivity index (χ0n) is 16.7. The lowest BCUT2D eigenvalue weighted by Gasteiger charge is -2.21. The van der Waals surface area contributed by atoms with Crippen LogP contribution in [0.25, 0.3) is 6.08 Å². The minimum Gasteiger partial charge on any atom is -0.494 e. The van der Waals surface area contributed by atoms with E-state index in [1.165, 1.54) is 0 Å². The van der Waals surface area contributed by atoms with E-state index in [9.17, 15) is 14.7 Å². The maximum absolute atomic E-state index is 12.3. The molecule has 0 heterocycles. The minimum absolute atomic E-state index is 0.146. The summed E-state index contributed by atoms with van der Waals surface area (Å²) in [5.74, 6) is -1.71. The van der Waals surface area contributed by atoms with Crippen molar-refractivity contribution in [2.75, 3.05) is 6.61 Å². The van der Waals surface area contributed by atoms with Gasteiger partial charge in [0, 0.05) is 0 Å². The molecule has 27 heavy (non-hydrogen) atoms. The summed E-state index contributed by atoms with van der Waals surface area (Å²) in [6, 6.07) is 7.46. The molecule has 0 fully saturated rings. The predicted octanol–water partition coefficient (Wildman–Crippen LogP) is 3.37. The molecule has 6 heteroatoms. The molecule has 0 aliphatic carbocycles. The second-order valence-corrected chi connectivity index (χ2v) is 6.66. The number of aliphatic hydroxyl groups is 1. The molecule has 0 bridgehead atoms. The van der Waals surface area contributed by atoms with Gasteiger partial charge >= 0.3 is 11.9 Å². The van der Waals surface area contributed by atoms with Crippen LogP contribution in [0.15, 0.2) is 30.3 Å². The van der Waals surface area contributed by atoms with Gasteiger partial charge in [-0.3, -0.25) is 4.79 Å². The Morgan fingerprint density at radius 3 is 2.07 bits per heavy atom. The molecule has 0 amide bonds. The van der Waals surface area contributed by atoms with E-state index in [0.29, 0.717) is 6.61 Å². The Kier molecular flexibility index (Phi) is 9.58. The normalized spacial score (nSPS) is 13.6. The van der Waals surface area contributed by atoms with E-state index in [1.54, 1.807) is 33.8 Å². The molecular formula is C21H30O6. The van der Waals surface area contributed by atoms with Gasteiger partial charge in [0.15, 0.2) is 6.10 Å². The summed E-state index contributed by atoms with van der Waals surface area (Å²) < 4.78 is 15.6. The molecule has 0 aliphatic heterocycles. The molecule has 150 valence electrons. The van der Waals surface area contributed by atoms with Gasteiger partial charge in [0.1, 0.15) is 5.75 Å². The van der Waals surface area contributed by atoms with Crippen LogP contribution in [0, 0.1) is 5.92 Å². The van der Waals surface area contributed by atoms with Gasteiger partial charge in [-0.25, -0.2) is 4.79 Å². The highest BCUT2D eigenvalue weighted by Gasteiger charge is 2.34. The lowest BCUT2D eigenvalue weighted by molar-refractivity contribution is -0.170. The summed E-state index contributed by atoms with van der Waals surface area (Å²) in [4.78, 5) is 24.3. The molecule has 1 aromatic carbocycles. The molecule has 0 aromatic heterocycles. The van der Waals surface area contributed by atoms with Gasteiger partial charge in [0.05, 0.1) is 24.7 Å². The summed E-state index contributed by atoms with van der Waals surface area (Å²) in [5, 5.41) is 10.3. The maximum atomic E-state index is 12.3. The van der Waals surface area contributed by atoms with Gasteiger partial charge in [-0.2, -0.15) is 0 Å². The van der Waals surface area contributed by atoms with E-state index >= 15 is 0 Å². The Balaban J connectivity index is 2.83.